The van der Waals surface area contributed by atoms with Crippen LogP contribution < -0.4 is 16.2 Å². The quantitative estimate of drug-likeness (QED) is 0.317. The summed E-state index contributed by atoms with van der Waals surface area (Å²) < 4.78 is 5.20. The summed E-state index contributed by atoms with van der Waals surface area (Å²) in [7, 11) is 1.64. The van der Waals surface area contributed by atoms with Gasteiger partial charge in [-0.25, -0.2) is 15.2 Å². The van der Waals surface area contributed by atoms with E-state index < -0.39 is 6.09 Å². The van der Waals surface area contributed by atoms with Crippen LogP contribution >= 0.6 is 0 Å². The molecule has 8 nitrogen and oxygen atoms in total. The van der Waals surface area contributed by atoms with Crippen LogP contribution in [0.2, 0.25) is 0 Å². The summed E-state index contributed by atoms with van der Waals surface area (Å²) in [4.78, 5) is 32.6. The van der Waals surface area contributed by atoms with Gasteiger partial charge < -0.3 is 10.1 Å². The van der Waals surface area contributed by atoms with E-state index in [4.69, 9.17) is 9.72 Å². The van der Waals surface area contributed by atoms with Gasteiger partial charge in [-0.1, -0.05) is 36.1 Å². The van der Waals surface area contributed by atoms with E-state index in [1.165, 1.54) is 0 Å². The van der Waals surface area contributed by atoms with Crippen molar-refractivity contribution in [2.24, 2.45) is 0 Å². The number of pyridine rings is 2. The third kappa shape index (κ3) is 4.81. The van der Waals surface area contributed by atoms with Gasteiger partial charge in [0.15, 0.2) is 0 Å². The molecule has 1 saturated heterocycles. The van der Waals surface area contributed by atoms with Crippen LogP contribution in [0.3, 0.4) is 0 Å². The number of hydrazine groups is 1. The van der Waals surface area contributed by atoms with Gasteiger partial charge in [0, 0.05) is 41.5 Å². The van der Waals surface area contributed by atoms with Gasteiger partial charge in [-0.05, 0) is 42.0 Å². The van der Waals surface area contributed by atoms with Gasteiger partial charge >= 0.3 is 6.09 Å². The molecule has 8 heteroatoms. The first-order valence-corrected chi connectivity index (χ1v) is 11.0. The molecule has 35 heavy (non-hydrogen) atoms. The van der Waals surface area contributed by atoms with Gasteiger partial charge in [-0.3, -0.25) is 15.2 Å². The number of nitrogens with one attached hydrogen (secondary N) is 3. The first kappa shape index (κ1) is 22.1. The number of carbonyl (C=O) groups excluding carboxylic acids is 2. The van der Waals surface area contributed by atoms with Crippen LogP contribution in [0.25, 0.3) is 22.2 Å². The minimum atomic E-state index is -0.393. The van der Waals surface area contributed by atoms with Gasteiger partial charge in [0.25, 0.3) is 5.91 Å². The fourth-order valence-electron chi connectivity index (χ4n) is 3.81. The van der Waals surface area contributed by atoms with Crippen LogP contribution in [0, 0.1) is 11.8 Å². The fraction of sp³-hybridized carbons (Fsp3) is 0.111. The fourth-order valence-corrected chi connectivity index (χ4v) is 3.81. The lowest BCUT2D eigenvalue weighted by Crippen LogP contribution is -2.34. The highest BCUT2D eigenvalue weighted by Crippen LogP contribution is 2.25. The molecule has 2 aromatic heterocycles. The summed E-state index contributed by atoms with van der Waals surface area (Å²) in [6.07, 6.45) is 2.64. The third-order valence-corrected chi connectivity index (χ3v) is 5.59. The number of cyclic esters (lactones) is 1. The maximum atomic E-state index is 12.6. The van der Waals surface area contributed by atoms with E-state index in [2.05, 4.69) is 33.0 Å². The molecule has 0 aliphatic carbocycles. The minimum absolute atomic E-state index is 0.259. The molecule has 1 aliphatic heterocycles. The molecule has 3 heterocycles. The van der Waals surface area contributed by atoms with Gasteiger partial charge in [-0.15, -0.1) is 0 Å². The minimum Gasteiger partial charge on any atom is -0.439 e. The van der Waals surface area contributed by atoms with Crippen LogP contribution in [-0.2, 0) is 4.74 Å². The summed E-state index contributed by atoms with van der Waals surface area (Å²) in [6.45, 7) is 0.473. The summed E-state index contributed by atoms with van der Waals surface area (Å²) in [6, 6.07) is 18.9. The number of carbonyl (C=O) groups is 2. The smallest absolute Gasteiger partial charge is 0.407 e. The van der Waals surface area contributed by atoms with Gasteiger partial charge in [-0.2, -0.15) is 0 Å². The van der Waals surface area contributed by atoms with Crippen LogP contribution in [0.15, 0.2) is 73.1 Å². The van der Waals surface area contributed by atoms with Gasteiger partial charge in [0.2, 0.25) is 0 Å². The second-order valence-electron chi connectivity index (χ2n) is 7.88. The van der Waals surface area contributed by atoms with Gasteiger partial charge in [0.1, 0.15) is 6.10 Å². The zero-order chi connectivity index (χ0) is 24.2. The van der Waals surface area contributed by atoms with E-state index >= 15 is 0 Å². The van der Waals surface area contributed by atoms with Crippen molar-refractivity contribution in [2.45, 2.75) is 6.10 Å². The Bertz CT molecular complexity index is 1470. The Morgan fingerprint density at radius 3 is 2.43 bits per heavy atom. The number of rotatable bonds is 4. The van der Waals surface area contributed by atoms with Crippen molar-refractivity contribution in [3.63, 3.8) is 0 Å². The summed E-state index contributed by atoms with van der Waals surface area (Å²) in [5.41, 5.74) is 10.6. The Morgan fingerprint density at radius 1 is 1.06 bits per heavy atom. The Balaban J connectivity index is 1.37. The largest absolute Gasteiger partial charge is 0.439 e. The number of alkyl carbamates (subject to hydrolysis) is 1. The molecule has 0 spiro atoms. The highest BCUT2D eigenvalue weighted by molar-refractivity contribution is 6.06. The maximum absolute atomic E-state index is 12.6. The molecule has 0 radical (unpaired) electrons. The van der Waals surface area contributed by atoms with E-state index in [9.17, 15) is 9.59 Å². The molecular weight excluding hydrogens is 442 g/mol. The summed E-state index contributed by atoms with van der Waals surface area (Å²) >= 11 is 0. The van der Waals surface area contributed by atoms with Crippen LogP contribution in [0.4, 0.5) is 4.79 Å². The molecule has 3 N–H and O–H groups in total. The van der Waals surface area contributed by atoms with E-state index in [1.54, 1.807) is 31.6 Å². The molecule has 2 aromatic carbocycles. The van der Waals surface area contributed by atoms with Crippen molar-refractivity contribution in [2.75, 3.05) is 13.6 Å². The number of hydrogen-bond donors (Lipinski definition) is 3. The van der Waals surface area contributed by atoms with E-state index in [-0.39, 0.29) is 12.0 Å². The topological polar surface area (TPSA) is 105 Å². The van der Waals surface area contributed by atoms with Crippen LogP contribution in [0.1, 0.15) is 33.2 Å². The summed E-state index contributed by atoms with van der Waals surface area (Å²) in [5, 5.41) is 3.33. The molecular formula is C27H21N5O3. The van der Waals surface area contributed by atoms with Crippen molar-refractivity contribution in [3.05, 3.63) is 95.3 Å². The normalized spacial score (nSPS) is 14.5. The lowest BCUT2D eigenvalue weighted by atomic mass is 10.0. The average Bonchev–Trinajstić information content (AvgIpc) is 3.33. The molecule has 2 amide bonds. The third-order valence-electron chi connectivity index (χ3n) is 5.59. The zero-order valence-electron chi connectivity index (χ0n) is 18.8. The average molecular weight is 463 g/mol. The highest BCUT2D eigenvalue weighted by Gasteiger charge is 2.23. The Morgan fingerprint density at radius 2 is 1.77 bits per heavy atom. The molecule has 4 aromatic rings. The summed E-state index contributed by atoms with van der Waals surface area (Å²) in [5.74, 6) is 6.06. The number of aromatic nitrogens is 2. The van der Waals surface area contributed by atoms with Crippen LogP contribution in [0.5, 0.6) is 0 Å². The monoisotopic (exact) mass is 463 g/mol. The molecule has 1 fully saturated rings. The van der Waals surface area contributed by atoms with E-state index in [1.807, 2.05) is 48.5 Å². The lowest BCUT2D eigenvalue weighted by Gasteiger charge is -2.10. The predicted molar refractivity (Wildman–Crippen MR) is 131 cm³/mol. The van der Waals surface area contributed by atoms with Crippen LogP contribution in [-0.4, -0.2) is 35.6 Å². The Labute approximate surface area is 201 Å². The van der Waals surface area contributed by atoms with Gasteiger partial charge in [0.05, 0.1) is 23.3 Å². The Hall–Kier alpha value is -4.74. The molecule has 1 aliphatic rings. The lowest BCUT2D eigenvalue weighted by molar-refractivity contribution is 0.0939. The highest BCUT2D eigenvalue weighted by atomic mass is 16.6. The second-order valence-corrected chi connectivity index (χ2v) is 7.88. The van der Waals surface area contributed by atoms with E-state index in [0.717, 1.165) is 22.3 Å². The molecule has 172 valence electrons. The first-order chi connectivity index (χ1) is 17.1. The number of nitrogens with zero attached hydrogens (tertiary/aromatic N) is 2. The standard InChI is InChI=1S/C27H21N5O3/c1-28-32-26(33)21-14-24(31-23-12-13-29-15-22(21)23)19-8-4-17(5-9-19)2-3-18-6-10-20(11-7-18)25-16-30-27(34)35-25/h4-15,25,28H,16H2,1H3,(H,30,34)(H,32,33). The van der Waals surface area contributed by atoms with Crippen molar-refractivity contribution in [3.8, 4) is 23.1 Å². The SMILES string of the molecule is CNNC(=O)c1cc(-c2ccc(C#Cc3ccc(C4CNC(=O)O4)cc3)cc2)nc2ccncc12. The number of amides is 2. The Kier molecular flexibility index (Phi) is 6.07. The molecule has 0 saturated carbocycles. The number of hydrogen-bond acceptors (Lipinski definition) is 6. The number of ether oxygens (including phenoxy) is 1. The van der Waals surface area contributed by atoms with Crippen molar-refractivity contribution >= 4 is 22.9 Å². The number of fused-ring (bicyclic) bond motifs is 1. The predicted octanol–water partition coefficient (Wildman–Crippen LogP) is 3.34. The molecule has 1 atom stereocenters. The van der Waals surface area contributed by atoms with Crippen molar-refractivity contribution < 1.29 is 14.3 Å². The molecule has 0 bridgehead atoms. The van der Waals surface area contributed by atoms with Crippen molar-refractivity contribution in [1.82, 2.24) is 26.1 Å². The van der Waals surface area contributed by atoms with E-state index in [0.29, 0.717) is 28.7 Å². The second kappa shape index (κ2) is 9.63. The van der Waals surface area contributed by atoms with Crippen molar-refractivity contribution in [1.29, 1.82) is 0 Å². The number of benzene rings is 2. The molecule has 5 rings (SSSR count). The first-order valence-electron chi connectivity index (χ1n) is 11.0. The maximum Gasteiger partial charge on any atom is 0.407 e. The molecule has 1 unspecified atom stereocenters. The zero-order valence-corrected chi connectivity index (χ0v) is 18.8.